The van der Waals surface area contributed by atoms with Gasteiger partial charge in [-0.2, -0.15) is 0 Å². The first-order valence-electron chi connectivity index (χ1n) is 12.7. The van der Waals surface area contributed by atoms with E-state index in [0.29, 0.717) is 11.4 Å². The molecule has 0 radical (unpaired) electrons. The summed E-state index contributed by atoms with van der Waals surface area (Å²) < 4.78 is 22.8. The van der Waals surface area contributed by atoms with Gasteiger partial charge in [0.25, 0.3) is 0 Å². The number of nitrogens with zero attached hydrogens (tertiary/aromatic N) is 1. The summed E-state index contributed by atoms with van der Waals surface area (Å²) >= 11 is 0. The number of methoxy groups -OCH3 is 2. The van der Waals surface area contributed by atoms with Crippen molar-refractivity contribution in [2.75, 3.05) is 26.6 Å². The van der Waals surface area contributed by atoms with Gasteiger partial charge in [-0.05, 0) is 81.6 Å². The van der Waals surface area contributed by atoms with Crippen LogP contribution in [0.3, 0.4) is 0 Å². The van der Waals surface area contributed by atoms with Gasteiger partial charge in [0.15, 0.2) is 18.1 Å². The number of nitrogen functional groups attached to an aromatic ring is 1. The molecule has 0 unspecified atom stereocenters. The molecular weight excluding hydrogens is 480 g/mol. The molecule has 0 fully saturated rings. The van der Waals surface area contributed by atoms with Crippen molar-refractivity contribution in [2.45, 2.75) is 51.7 Å². The normalized spacial score (nSPS) is 16.5. The van der Waals surface area contributed by atoms with E-state index < -0.39 is 5.97 Å². The zero-order valence-corrected chi connectivity index (χ0v) is 22.8. The highest BCUT2D eigenvalue weighted by molar-refractivity contribution is 6.16. The molecule has 0 saturated heterocycles. The number of carbonyl (C=O) groups is 1. The van der Waals surface area contributed by atoms with Crippen LogP contribution in [0.15, 0.2) is 53.5 Å². The van der Waals surface area contributed by atoms with E-state index >= 15 is 0 Å². The molecular formula is C31H34N2O5. The third-order valence-corrected chi connectivity index (χ3v) is 6.95. The quantitative estimate of drug-likeness (QED) is 0.351. The van der Waals surface area contributed by atoms with Crippen molar-refractivity contribution in [1.29, 1.82) is 0 Å². The molecule has 0 bridgehead atoms. The monoisotopic (exact) mass is 514 g/mol. The number of anilines is 1. The maximum atomic E-state index is 11.8. The Labute approximate surface area is 223 Å². The van der Waals surface area contributed by atoms with Gasteiger partial charge < -0.3 is 24.7 Å². The van der Waals surface area contributed by atoms with E-state index in [2.05, 4.69) is 39.8 Å². The second-order valence-electron chi connectivity index (χ2n) is 11.1. The Morgan fingerprint density at radius 3 is 2.37 bits per heavy atom. The number of nitrogens with two attached hydrogens (primary N) is 1. The molecule has 7 heteroatoms. The zero-order valence-electron chi connectivity index (χ0n) is 22.8. The van der Waals surface area contributed by atoms with Crippen molar-refractivity contribution in [3.63, 3.8) is 0 Å². The lowest BCUT2D eigenvalue weighted by atomic mass is 9.80. The smallest absolute Gasteiger partial charge is 0.343 e. The number of hydrogen-bond acceptors (Lipinski definition) is 7. The molecule has 2 heterocycles. The average molecular weight is 515 g/mol. The Morgan fingerprint density at radius 2 is 1.68 bits per heavy atom. The van der Waals surface area contributed by atoms with Gasteiger partial charge in [-0.15, -0.1) is 0 Å². The molecule has 38 heavy (non-hydrogen) atoms. The van der Waals surface area contributed by atoms with E-state index in [9.17, 15) is 4.79 Å². The van der Waals surface area contributed by atoms with Crippen LogP contribution in [0.4, 0.5) is 5.69 Å². The van der Waals surface area contributed by atoms with E-state index in [4.69, 9.17) is 29.7 Å². The maximum Gasteiger partial charge on any atom is 0.343 e. The molecule has 5 rings (SSSR count). The predicted octanol–water partition coefficient (Wildman–Crippen LogP) is 5.38. The minimum atomic E-state index is -0.447. The second-order valence-corrected chi connectivity index (χ2v) is 11.1. The minimum absolute atomic E-state index is 0.186. The predicted molar refractivity (Wildman–Crippen MR) is 149 cm³/mol. The molecule has 0 aliphatic carbocycles. The Kier molecular flexibility index (Phi) is 6.33. The number of rotatable bonds is 6. The van der Waals surface area contributed by atoms with Gasteiger partial charge in [-0.25, -0.2) is 4.79 Å². The lowest BCUT2D eigenvalue weighted by molar-refractivity contribution is -0.142. The standard InChI is InChI=1S/C31H34N2O5/c1-30(2)15-20-14-25(35-5)29-23(16-31(3,4)38-29)27(20)28(33-30)19-9-12-24(37-17-26(34)36-6)22(13-19)18-7-10-21(32)11-8-18/h7-14H,15-17,32H2,1-6H3. The Balaban J connectivity index is 1.69. The number of hydrogen-bond donors (Lipinski definition) is 1. The summed E-state index contributed by atoms with van der Waals surface area (Å²) in [5, 5.41) is 0. The molecule has 0 aromatic heterocycles. The summed E-state index contributed by atoms with van der Waals surface area (Å²) in [4.78, 5) is 17.1. The van der Waals surface area contributed by atoms with Crippen molar-refractivity contribution < 1.29 is 23.7 Å². The topological polar surface area (TPSA) is 92.4 Å². The number of ether oxygens (including phenoxy) is 4. The van der Waals surface area contributed by atoms with Crippen molar-refractivity contribution in [3.05, 3.63) is 70.8 Å². The van der Waals surface area contributed by atoms with Crippen LogP contribution in [0.5, 0.6) is 17.2 Å². The fourth-order valence-corrected chi connectivity index (χ4v) is 5.32. The van der Waals surface area contributed by atoms with Gasteiger partial charge >= 0.3 is 5.97 Å². The lowest BCUT2D eigenvalue weighted by Crippen LogP contribution is -2.30. The van der Waals surface area contributed by atoms with Crippen molar-refractivity contribution in [1.82, 2.24) is 0 Å². The van der Waals surface area contributed by atoms with E-state index in [1.165, 1.54) is 12.7 Å². The van der Waals surface area contributed by atoms with Gasteiger partial charge in [-0.1, -0.05) is 12.1 Å². The third-order valence-electron chi connectivity index (χ3n) is 6.95. The van der Waals surface area contributed by atoms with Gasteiger partial charge in [0.1, 0.15) is 11.4 Å². The van der Waals surface area contributed by atoms with E-state index in [1.807, 2.05) is 36.4 Å². The van der Waals surface area contributed by atoms with E-state index in [0.717, 1.165) is 57.9 Å². The second kappa shape index (κ2) is 9.39. The number of esters is 1. The fraction of sp³-hybridized carbons (Fsp3) is 0.355. The van der Waals surface area contributed by atoms with Crippen LogP contribution in [-0.4, -0.2) is 43.6 Å². The number of fused-ring (bicyclic) bond motifs is 3. The molecule has 0 saturated carbocycles. The summed E-state index contributed by atoms with van der Waals surface area (Å²) in [6.45, 7) is 8.29. The summed E-state index contributed by atoms with van der Waals surface area (Å²) in [6.07, 6.45) is 1.55. The first-order chi connectivity index (χ1) is 18.0. The lowest BCUT2D eigenvalue weighted by Gasteiger charge is -2.31. The Hall–Kier alpha value is -4.00. The summed E-state index contributed by atoms with van der Waals surface area (Å²) in [6, 6.07) is 15.6. The molecule has 3 aromatic carbocycles. The first kappa shape index (κ1) is 25.6. The van der Waals surface area contributed by atoms with Crippen LogP contribution in [0.1, 0.15) is 49.9 Å². The van der Waals surface area contributed by atoms with Gasteiger partial charge in [-0.3, -0.25) is 4.99 Å². The Morgan fingerprint density at radius 1 is 0.974 bits per heavy atom. The first-order valence-corrected chi connectivity index (χ1v) is 12.7. The molecule has 2 aliphatic heterocycles. The number of aliphatic imine (C=N–C) groups is 1. The van der Waals surface area contributed by atoms with Crippen LogP contribution >= 0.6 is 0 Å². The van der Waals surface area contributed by atoms with Crippen LogP contribution in [0.2, 0.25) is 0 Å². The van der Waals surface area contributed by atoms with E-state index in [1.54, 1.807) is 7.11 Å². The summed E-state index contributed by atoms with van der Waals surface area (Å²) in [5.41, 5.74) is 13.0. The highest BCUT2D eigenvalue weighted by Gasteiger charge is 2.39. The molecule has 2 N–H and O–H groups in total. The molecule has 2 aliphatic rings. The van der Waals surface area contributed by atoms with Gasteiger partial charge in [0, 0.05) is 34.4 Å². The molecule has 198 valence electrons. The highest BCUT2D eigenvalue weighted by atomic mass is 16.6. The molecule has 0 atom stereocenters. The molecule has 7 nitrogen and oxygen atoms in total. The van der Waals surface area contributed by atoms with E-state index in [-0.39, 0.29) is 17.7 Å². The highest BCUT2D eigenvalue weighted by Crippen LogP contribution is 2.48. The van der Waals surface area contributed by atoms with Crippen molar-refractivity contribution in [2.24, 2.45) is 4.99 Å². The number of carbonyl (C=O) groups excluding carboxylic acids is 1. The minimum Gasteiger partial charge on any atom is -0.493 e. The van der Waals surface area contributed by atoms with Crippen molar-refractivity contribution in [3.8, 4) is 28.4 Å². The molecule has 0 spiro atoms. The molecule has 3 aromatic rings. The van der Waals surface area contributed by atoms with Crippen LogP contribution < -0.4 is 19.9 Å². The summed E-state index contributed by atoms with van der Waals surface area (Å²) in [5.74, 6) is 1.68. The van der Waals surface area contributed by atoms with Crippen molar-refractivity contribution >= 4 is 17.4 Å². The zero-order chi connectivity index (χ0) is 27.2. The average Bonchev–Trinajstić information content (AvgIpc) is 3.20. The SMILES string of the molecule is COC(=O)COc1ccc(C2=NC(C)(C)Cc3cc(OC)c4c(c32)CC(C)(C)O4)cc1-c1ccc(N)cc1. The largest absolute Gasteiger partial charge is 0.493 e. The third kappa shape index (κ3) is 4.80. The maximum absolute atomic E-state index is 11.8. The van der Waals surface area contributed by atoms with Gasteiger partial charge in [0.2, 0.25) is 0 Å². The van der Waals surface area contributed by atoms with Crippen LogP contribution in [0.25, 0.3) is 11.1 Å². The summed E-state index contributed by atoms with van der Waals surface area (Å²) in [7, 11) is 3.03. The fourth-order valence-electron chi connectivity index (χ4n) is 5.32. The molecule has 0 amide bonds. The van der Waals surface area contributed by atoms with Gasteiger partial charge in [0.05, 0.1) is 25.5 Å². The van der Waals surface area contributed by atoms with Crippen LogP contribution in [-0.2, 0) is 22.4 Å². The number of benzene rings is 3. The van der Waals surface area contributed by atoms with Crippen LogP contribution in [0, 0.1) is 0 Å². The Bertz CT molecular complexity index is 1440.